The standard InChI is InChI=1S/C12H20N2O/c1-5-8-11-9(13-4)6-12(2,3)7-10(11)15-14-8/h9,13H,5-7H2,1-4H3. The molecule has 1 N–H and O–H groups in total. The van der Waals surface area contributed by atoms with Crippen LogP contribution in [0.5, 0.6) is 0 Å². The first-order valence-electron chi connectivity index (χ1n) is 5.72. The first-order valence-corrected chi connectivity index (χ1v) is 5.72. The molecule has 3 heteroatoms. The minimum Gasteiger partial charge on any atom is -0.361 e. The molecule has 1 unspecified atom stereocenters. The Morgan fingerprint density at radius 1 is 1.53 bits per heavy atom. The van der Waals surface area contributed by atoms with Crippen molar-refractivity contribution in [3.63, 3.8) is 0 Å². The molecular formula is C12H20N2O. The maximum absolute atomic E-state index is 5.46. The van der Waals surface area contributed by atoms with Gasteiger partial charge in [-0.3, -0.25) is 0 Å². The highest BCUT2D eigenvalue weighted by atomic mass is 16.5. The third-order valence-corrected chi connectivity index (χ3v) is 3.30. The Morgan fingerprint density at radius 3 is 2.87 bits per heavy atom. The zero-order valence-corrected chi connectivity index (χ0v) is 10.1. The lowest BCUT2D eigenvalue weighted by molar-refractivity contribution is 0.230. The van der Waals surface area contributed by atoms with Crippen molar-refractivity contribution < 1.29 is 4.52 Å². The lowest BCUT2D eigenvalue weighted by Crippen LogP contribution is -2.31. The van der Waals surface area contributed by atoms with Crippen molar-refractivity contribution in [2.24, 2.45) is 5.41 Å². The molecule has 0 radical (unpaired) electrons. The van der Waals surface area contributed by atoms with Gasteiger partial charge in [0.25, 0.3) is 0 Å². The Hall–Kier alpha value is -0.830. The minimum atomic E-state index is 0.311. The van der Waals surface area contributed by atoms with Crippen LogP contribution in [0.4, 0.5) is 0 Å². The number of nitrogens with one attached hydrogen (secondary N) is 1. The van der Waals surface area contributed by atoms with Crippen molar-refractivity contribution in [2.75, 3.05) is 7.05 Å². The van der Waals surface area contributed by atoms with E-state index in [0.29, 0.717) is 11.5 Å². The van der Waals surface area contributed by atoms with Gasteiger partial charge in [-0.05, 0) is 25.3 Å². The summed E-state index contributed by atoms with van der Waals surface area (Å²) in [6.45, 7) is 6.70. The third kappa shape index (κ3) is 1.81. The zero-order valence-electron chi connectivity index (χ0n) is 10.1. The van der Waals surface area contributed by atoms with Crippen LogP contribution >= 0.6 is 0 Å². The maximum atomic E-state index is 5.46. The quantitative estimate of drug-likeness (QED) is 0.811. The maximum Gasteiger partial charge on any atom is 0.142 e. The van der Waals surface area contributed by atoms with Crippen LogP contribution in [-0.2, 0) is 12.8 Å². The molecule has 0 saturated heterocycles. The molecule has 0 fully saturated rings. The summed E-state index contributed by atoms with van der Waals surface area (Å²) in [6, 6.07) is 0.407. The van der Waals surface area contributed by atoms with Gasteiger partial charge in [0.1, 0.15) is 5.76 Å². The van der Waals surface area contributed by atoms with E-state index >= 15 is 0 Å². The van der Waals surface area contributed by atoms with Gasteiger partial charge in [-0.25, -0.2) is 0 Å². The van der Waals surface area contributed by atoms with Gasteiger partial charge in [-0.1, -0.05) is 25.9 Å². The predicted octanol–water partition coefficient (Wildman–Crippen LogP) is 2.47. The van der Waals surface area contributed by atoms with E-state index in [9.17, 15) is 0 Å². The van der Waals surface area contributed by atoms with Crippen LogP contribution in [0.15, 0.2) is 4.52 Å². The van der Waals surface area contributed by atoms with Crippen LogP contribution in [0.2, 0.25) is 0 Å². The monoisotopic (exact) mass is 208 g/mol. The Bertz CT molecular complexity index is 355. The first-order chi connectivity index (χ1) is 7.07. The molecule has 0 spiro atoms. The second-order valence-electron chi connectivity index (χ2n) is 5.21. The Kier molecular flexibility index (Phi) is 2.59. The fraction of sp³-hybridized carbons (Fsp3) is 0.750. The van der Waals surface area contributed by atoms with Gasteiger partial charge in [-0.2, -0.15) is 0 Å². The van der Waals surface area contributed by atoms with E-state index in [4.69, 9.17) is 4.52 Å². The van der Waals surface area contributed by atoms with Gasteiger partial charge in [-0.15, -0.1) is 0 Å². The lowest BCUT2D eigenvalue weighted by atomic mass is 9.74. The number of hydrogen-bond donors (Lipinski definition) is 1. The molecule has 0 aromatic carbocycles. The lowest BCUT2D eigenvalue weighted by Gasteiger charge is -2.34. The summed E-state index contributed by atoms with van der Waals surface area (Å²) in [5.74, 6) is 1.09. The average Bonchev–Trinajstić information content (AvgIpc) is 2.57. The number of aromatic nitrogens is 1. The summed E-state index contributed by atoms with van der Waals surface area (Å²) in [6.07, 6.45) is 3.12. The highest BCUT2D eigenvalue weighted by Gasteiger charge is 2.36. The third-order valence-electron chi connectivity index (χ3n) is 3.30. The number of rotatable bonds is 2. The fourth-order valence-electron chi connectivity index (χ4n) is 2.56. The summed E-state index contributed by atoms with van der Waals surface area (Å²) in [7, 11) is 2.02. The number of aryl methyl sites for hydroxylation is 1. The molecule has 0 aliphatic heterocycles. The molecule has 15 heavy (non-hydrogen) atoms. The van der Waals surface area contributed by atoms with Crippen LogP contribution < -0.4 is 5.32 Å². The van der Waals surface area contributed by atoms with Crippen molar-refractivity contribution in [3.05, 3.63) is 17.0 Å². The van der Waals surface area contributed by atoms with Crippen LogP contribution in [0.3, 0.4) is 0 Å². The van der Waals surface area contributed by atoms with E-state index in [0.717, 1.165) is 30.7 Å². The van der Waals surface area contributed by atoms with Crippen molar-refractivity contribution in [1.29, 1.82) is 0 Å². The van der Waals surface area contributed by atoms with E-state index in [1.165, 1.54) is 5.56 Å². The Morgan fingerprint density at radius 2 is 2.27 bits per heavy atom. The Balaban J connectivity index is 2.42. The first kappa shape index (κ1) is 10.7. The number of fused-ring (bicyclic) bond motifs is 1. The van der Waals surface area contributed by atoms with E-state index in [1.807, 2.05) is 7.05 Å². The predicted molar refractivity (Wildman–Crippen MR) is 59.8 cm³/mol. The van der Waals surface area contributed by atoms with Crippen LogP contribution in [0.25, 0.3) is 0 Å². The summed E-state index contributed by atoms with van der Waals surface area (Å²) in [5, 5.41) is 7.54. The number of hydrogen-bond acceptors (Lipinski definition) is 3. The van der Waals surface area contributed by atoms with E-state index < -0.39 is 0 Å². The SMILES string of the molecule is CCc1noc2c1C(NC)CC(C)(C)C2. The zero-order chi connectivity index (χ0) is 11.1. The summed E-state index contributed by atoms with van der Waals surface area (Å²) in [5.41, 5.74) is 2.75. The summed E-state index contributed by atoms with van der Waals surface area (Å²) in [4.78, 5) is 0. The highest BCUT2D eigenvalue weighted by Crippen LogP contribution is 2.41. The van der Waals surface area contributed by atoms with Gasteiger partial charge in [0.2, 0.25) is 0 Å². The second kappa shape index (κ2) is 3.63. The smallest absolute Gasteiger partial charge is 0.142 e. The van der Waals surface area contributed by atoms with Crippen molar-refractivity contribution in [3.8, 4) is 0 Å². The van der Waals surface area contributed by atoms with Crippen LogP contribution in [0.1, 0.15) is 50.3 Å². The molecule has 1 aliphatic carbocycles. The summed E-state index contributed by atoms with van der Waals surface area (Å²) >= 11 is 0. The van der Waals surface area contributed by atoms with E-state index in [2.05, 4.69) is 31.2 Å². The molecule has 0 saturated carbocycles. The molecule has 1 aromatic rings. The van der Waals surface area contributed by atoms with Gasteiger partial charge < -0.3 is 9.84 Å². The molecule has 1 heterocycles. The summed E-state index contributed by atoms with van der Waals surface area (Å²) < 4.78 is 5.46. The molecule has 3 nitrogen and oxygen atoms in total. The van der Waals surface area contributed by atoms with Crippen LogP contribution in [0, 0.1) is 5.41 Å². The normalized spacial score (nSPS) is 23.9. The van der Waals surface area contributed by atoms with Gasteiger partial charge in [0.15, 0.2) is 0 Å². The molecule has 1 atom stereocenters. The van der Waals surface area contributed by atoms with E-state index in [-0.39, 0.29) is 0 Å². The van der Waals surface area contributed by atoms with Gasteiger partial charge >= 0.3 is 0 Å². The largest absolute Gasteiger partial charge is 0.361 e. The van der Waals surface area contributed by atoms with Crippen LogP contribution in [-0.4, -0.2) is 12.2 Å². The highest BCUT2D eigenvalue weighted by molar-refractivity contribution is 5.30. The molecular weight excluding hydrogens is 188 g/mol. The minimum absolute atomic E-state index is 0.311. The number of nitrogens with zero attached hydrogens (tertiary/aromatic N) is 1. The molecule has 2 rings (SSSR count). The average molecular weight is 208 g/mol. The van der Waals surface area contributed by atoms with Crippen molar-refractivity contribution in [1.82, 2.24) is 10.5 Å². The molecule has 0 amide bonds. The van der Waals surface area contributed by atoms with Crippen molar-refractivity contribution >= 4 is 0 Å². The van der Waals surface area contributed by atoms with Gasteiger partial charge in [0, 0.05) is 18.0 Å². The topological polar surface area (TPSA) is 38.1 Å². The Labute approximate surface area is 91.2 Å². The van der Waals surface area contributed by atoms with Gasteiger partial charge in [0.05, 0.1) is 5.69 Å². The molecule has 1 aliphatic rings. The molecule has 0 bridgehead atoms. The molecule has 84 valence electrons. The van der Waals surface area contributed by atoms with E-state index in [1.54, 1.807) is 0 Å². The molecule has 1 aromatic heterocycles. The fourth-order valence-corrected chi connectivity index (χ4v) is 2.56. The van der Waals surface area contributed by atoms with Crippen molar-refractivity contribution in [2.45, 2.75) is 46.1 Å². The second-order valence-corrected chi connectivity index (χ2v) is 5.21.